The number of hydrogen-bond acceptors (Lipinski definition) is 3. The van der Waals surface area contributed by atoms with Crippen LogP contribution in [0.15, 0.2) is 10.8 Å². The van der Waals surface area contributed by atoms with Crippen molar-refractivity contribution in [3.8, 4) is 0 Å². The molecule has 1 fully saturated rings. The Labute approximate surface area is 82.4 Å². The van der Waals surface area contributed by atoms with Crippen molar-refractivity contribution >= 4 is 11.3 Å². The Hall–Kier alpha value is -0.380. The molecule has 0 amide bonds. The molecule has 1 aromatic heterocycles. The molecule has 0 aliphatic heterocycles. The first-order chi connectivity index (χ1) is 6.18. The third kappa shape index (κ3) is 1.31. The minimum Gasteiger partial charge on any atom is -0.393 e. The summed E-state index contributed by atoms with van der Waals surface area (Å²) in [6.45, 7) is 2.77. The molecule has 1 aliphatic carbocycles. The van der Waals surface area contributed by atoms with Crippen molar-refractivity contribution in [1.82, 2.24) is 0 Å². The van der Waals surface area contributed by atoms with Crippen LogP contribution in [-0.2, 0) is 5.41 Å². The van der Waals surface area contributed by atoms with Crippen molar-refractivity contribution in [2.24, 2.45) is 5.73 Å². The highest BCUT2D eigenvalue weighted by Gasteiger charge is 2.44. The second kappa shape index (κ2) is 3.08. The van der Waals surface area contributed by atoms with Gasteiger partial charge in [0.2, 0.25) is 0 Å². The molecule has 72 valence electrons. The quantitative estimate of drug-likeness (QED) is 0.753. The summed E-state index contributed by atoms with van der Waals surface area (Å²) in [5.74, 6) is 0. The van der Waals surface area contributed by atoms with E-state index in [9.17, 15) is 5.11 Å². The van der Waals surface area contributed by atoms with Gasteiger partial charge in [0.15, 0.2) is 0 Å². The molecular formula is C10H15NOS. The zero-order chi connectivity index (χ0) is 9.47. The van der Waals surface area contributed by atoms with Crippen LogP contribution in [-0.4, -0.2) is 17.8 Å². The van der Waals surface area contributed by atoms with Crippen LogP contribution in [0.3, 0.4) is 0 Å². The maximum atomic E-state index is 9.35. The molecular weight excluding hydrogens is 182 g/mol. The summed E-state index contributed by atoms with van der Waals surface area (Å²) in [6, 6.07) is 0. The van der Waals surface area contributed by atoms with Gasteiger partial charge in [0, 0.05) is 12.0 Å². The van der Waals surface area contributed by atoms with E-state index in [-0.39, 0.29) is 11.5 Å². The lowest BCUT2D eigenvalue weighted by atomic mass is 9.62. The lowest BCUT2D eigenvalue weighted by Gasteiger charge is -2.45. The van der Waals surface area contributed by atoms with E-state index in [1.807, 2.05) is 0 Å². The summed E-state index contributed by atoms with van der Waals surface area (Å²) in [7, 11) is 0. The number of thiophene rings is 1. The largest absolute Gasteiger partial charge is 0.393 e. The number of aryl methyl sites for hydroxylation is 1. The van der Waals surface area contributed by atoms with Gasteiger partial charge in [-0.3, -0.25) is 0 Å². The Morgan fingerprint density at radius 2 is 2.31 bits per heavy atom. The SMILES string of the molecule is Cc1cscc1C1(CN)CC(O)C1. The maximum absolute atomic E-state index is 9.35. The normalized spacial score (nSPS) is 33.0. The molecule has 0 saturated heterocycles. The Kier molecular flexibility index (Phi) is 2.18. The van der Waals surface area contributed by atoms with Gasteiger partial charge in [-0.1, -0.05) is 0 Å². The highest BCUT2D eigenvalue weighted by molar-refractivity contribution is 7.08. The van der Waals surface area contributed by atoms with Crippen molar-refractivity contribution in [3.05, 3.63) is 21.9 Å². The molecule has 1 saturated carbocycles. The fourth-order valence-corrected chi connectivity index (χ4v) is 3.21. The highest BCUT2D eigenvalue weighted by Crippen LogP contribution is 2.45. The summed E-state index contributed by atoms with van der Waals surface area (Å²) in [4.78, 5) is 0. The van der Waals surface area contributed by atoms with Crippen LogP contribution in [0.2, 0.25) is 0 Å². The molecule has 0 spiro atoms. The average Bonchev–Trinajstić information content (AvgIpc) is 2.46. The average molecular weight is 197 g/mol. The lowest BCUT2D eigenvalue weighted by Crippen LogP contribution is -2.49. The van der Waals surface area contributed by atoms with E-state index >= 15 is 0 Å². The zero-order valence-corrected chi connectivity index (χ0v) is 8.60. The van der Waals surface area contributed by atoms with Crippen LogP contribution in [0.4, 0.5) is 0 Å². The summed E-state index contributed by atoms with van der Waals surface area (Å²) >= 11 is 1.72. The van der Waals surface area contributed by atoms with Gasteiger partial charge in [0.05, 0.1) is 6.10 Å². The molecule has 1 aliphatic rings. The summed E-state index contributed by atoms with van der Waals surface area (Å²) in [6.07, 6.45) is 1.53. The van der Waals surface area contributed by atoms with E-state index in [2.05, 4.69) is 17.7 Å². The highest BCUT2D eigenvalue weighted by atomic mass is 32.1. The molecule has 1 heterocycles. The van der Waals surface area contributed by atoms with Gasteiger partial charge in [-0.25, -0.2) is 0 Å². The Morgan fingerprint density at radius 1 is 1.62 bits per heavy atom. The minimum absolute atomic E-state index is 0.0868. The minimum atomic E-state index is -0.136. The van der Waals surface area contributed by atoms with Gasteiger partial charge in [-0.2, -0.15) is 11.3 Å². The van der Waals surface area contributed by atoms with Crippen LogP contribution in [0.1, 0.15) is 24.0 Å². The van der Waals surface area contributed by atoms with Crippen molar-refractivity contribution in [2.75, 3.05) is 6.54 Å². The van der Waals surface area contributed by atoms with Gasteiger partial charge >= 0.3 is 0 Å². The molecule has 2 nitrogen and oxygen atoms in total. The molecule has 3 heteroatoms. The second-order valence-electron chi connectivity index (χ2n) is 4.01. The van der Waals surface area contributed by atoms with Crippen LogP contribution in [0.25, 0.3) is 0 Å². The number of rotatable bonds is 2. The fourth-order valence-electron chi connectivity index (χ4n) is 2.24. The van der Waals surface area contributed by atoms with Gasteiger partial charge in [0.25, 0.3) is 0 Å². The van der Waals surface area contributed by atoms with Gasteiger partial charge in [0.1, 0.15) is 0 Å². The molecule has 0 bridgehead atoms. The molecule has 0 unspecified atom stereocenters. The number of nitrogens with two attached hydrogens (primary N) is 1. The van der Waals surface area contributed by atoms with E-state index < -0.39 is 0 Å². The van der Waals surface area contributed by atoms with Gasteiger partial charge in [-0.05, 0) is 41.7 Å². The predicted octanol–water partition coefficient (Wildman–Crippen LogP) is 1.41. The van der Waals surface area contributed by atoms with Crippen LogP contribution in [0, 0.1) is 6.92 Å². The van der Waals surface area contributed by atoms with Crippen molar-refractivity contribution in [3.63, 3.8) is 0 Å². The first-order valence-corrected chi connectivity index (χ1v) is 5.54. The number of hydrogen-bond donors (Lipinski definition) is 2. The van der Waals surface area contributed by atoms with E-state index in [0.29, 0.717) is 6.54 Å². The Balaban J connectivity index is 2.28. The summed E-state index contributed by atoms with van der Waals surface area (Å²) in [5.41, 5.74) is 8.55. The fraction of sp³-hybridized carbons (Fsp3) is 0.600. The number of aliphatic hydroxyl groups is 1. The first kappa shape index (κ1) is 9.19. The van der Waals surface area contributed by atoms with E-state index in [1.54, 1.807) is 11.3 Å². The maximum Gasteiger partial charge on any atom is 0.0558 e. The molecule has 0 aromatic carbocycles. The molecule has 13 heavy (non-hydrogen) atoms. The first-order valence-electron chi connectivity index (χ1n) is 4.59. The summed E-state index contributed by atoms with van der Waals surface area (Å²) in [5, 5.41) is 13.7. The van der Waals surface area contributed by atoms with Crippen LogP contribution >= 0.6 is 11.3 Å². The smallest absolute Gasteiger partial charge is 0.0558 e. The van der Waals surface area contributed by atoms with Gasteiger partial charge in [-0.15, -0.1) is 0 Å². The molecule has 1 aromatic rings. The zero-order valence-electron chi connectivity index (χ0n) is 7.79. The van der Waals surface area contributed by atoms with Crippen molar-refractivity contribution in [1.29, 1.82) is 0 Å². The van der Waals surface area contributed by atoms with Crippen molar-refractivity contribution < 1.29 is 5.11 Å². The third-order valence-corrected chi connectivity index (χ3v) is 3.93. The predicted molar refractivity (Wildman–Crippen MR) is 55.0 cm³/mol. The third-order valence-electron chi connectivity index (χ3n) is 3.07. The van der Waals surface area contributed by atoms with Crippen molar-refractivity contribution in [2.45, 2.75) is 31.3 Å². The van der Waals surface area contributed by atoms with Crippen LogP contribution < -0.4 is 5.73 Å². The Bertz CT molecular complexity index is 302. The van der Waals surface area contributed by atoms with Gasteiger partial charge < -0.3 is 10.8 Å². The number of aliphatic hydroxyl groups excluding tert-OH is 1. The lowest BCUT2D eigenvalue weighted by molar-refractivity contribution is 0.0221. The molecule has 0 atom stereocenters. The topological polar surface area (TPSA) is 46.2 Å². The van der Waals surface area contributed by atoms with E-state index in [1.165, 1.54) is 11.1 Å². The summed E-state index contributed by atoms with van der Waals surface area (Å²) < 4.78 is 0. The standard InChI is InChI=1S/C10H15NOS/c1-7-4-13-5-9(7)10(6-11)2-8(12)3-10/h4-5,8,12H,2-3,6,11H2,1H3. The van der Waals surface area contributed by atoms with E-state index in [0.717, 1.165) is 12.8 Å². The second-order valence-corrected chi connectivity index (χ2v) is 4.76. The molecule has 0 radical (unpaired) electrons. The molecule has 3 N–H and O–H groups in total. The Morgan fingerprint density at radius 3 is 2.69 bits per heavy atom. The molecule has 2 rings (SSSR count). The van der Waals surface area contributed by atoms with Crippen LogP contribution in [0.5, 0.6) is 0 Å². The van der Waals surface area contributed by atoms with E-state index in [4.69, 9.17) is 5.73 Å². The monoisotopic (exact) mass is 197 g/mol.